The van der Waals surface area contributed by atoms with Gasteiger partial charge in [-0.2, -0.15) is 0 Å². The molecule has 0 aromatic heterocycles. The number of thioether (sulfide) groups is 1. The van der Waals surface area contributed by atoms with E-state index >= 15 is 0 Å². The predicted octanol–water partition coefficient (Wildman–Crippen LogP) is 4.85. The minimum Gasteiger partial charge on any atom is -0.468 e. The Balaban J connectivity index is 2.13. The lowest BCUT2D eigenvalue weighted by Crippen LogP contribution is -2.05. The van der Waals surface area contributed by atoms with Gasteiger partial charge in [-0.15, -0.1) is 11.8 Å². The molecule has 0 saturated heterocycles. The highest BCUT2D eigenvalue weighted by molar-refractivity contribution is 8.00. The molecule has 0 bridgehead atoms. The highest BCUT2D eigenvalue weighted by Crippen LogP contribution is 2.33. The number of ether oxygens (including phenoxy) is 1. The van der Waals surface area contributed by atoms with E-state index < -0.39 is 0 Å². The number of halogens is 1. The van der Waals surface area contributed by atoms with Crippen LogP contribution in [0.4, 0.5) is 4.39 Å². The molecule has 116 valence electrons. The van der Waals surface area contributed by atoms with Crippen molar-refractivity contribution in [1.82, 2.24) is 0 Å². The number of esters is 1. The van der Waals surface area contributed by atoms with Crippen molar-refractivity contribution in [2.24, 2.45) is 0 Å². The lowest BCUT2D eigenvalue weighted by molar-refractivity contribution is -0.137. The van der Waals surface area contributed by atoms with E-state index in [1.807, 2.05) is 30.3 Å². The van der Waals surface area contributed by atoms with Crippen LogP contribution in [-0.2, 0) is 9.53 Å². The number of hydrogen-bond acceptors (Lipinski definition) is 3. The second-order valence-electron chi connectivity index (χ2n) is 4.89. The highest BCUT2D eigenvalue weighted by atomic mass is 32.2. The molecule has 0 spiro atoms. The second-order valence-corrected chi connectivity index (χ2v) is 6.08. The molecule has 0 aliphatic heterocycles. The molecular weight excluding hydrogens is 299 g/mol. The van der Waals surface area contributed by atoms with Gasteiger partial charge < -0.3 is 4.74 Å². The van der Waals surface area contributed by atoms with Gasteiger partial charge in [0.15, 0.2) is 0 Å². The molecule has 2 rings (SSSR count). The van der Waals surface area contributed by atoms with Crippen LogP contribution in [0.25, 0.3) is 11.1 Å². The van der Waals surface area contributed by atoms with Crippen molar-refractivity contribution in [1.29, 1.82) is 0 Å². The summed E-state index contributed by atoms with van der Waals surface area (Å²) in [6.45, 7) is 2.08. The standard InChI is InChI=1S/C18H19FO2S/c1-3-17(22-12-18(20)21-2)14-10-8-13(9-11-14)15-6-4-5-7-16(15)19/h4-11,17H,3,12H2,1-2H3. The second kappa shape index (κ2) is 7.99. The summed E-state index contributed by atoms with van der Waals surface area (Å²) in [5.74, 6) is -0.0989. The Kier molecular flexibility index (Phi) is 6.01. The van der Waals surface area contributed by atoms with Crippen LogP contribution in [0.3, 0.4) is 0 Å². The van der Waals surface area contributed by atoms with Crippen molar-refractivity contribution in [2.75, 3.05) is 12.9 Å². The maximum atomic E-state index is 13.8. The summed E-state index contributed by atoms with van der Waals surface area (Å²) in [4.78, 5) is 11.3. The third kappa shape index (κ3) is 4.10. The Labute approximate surface area is 134 Å². The van der Waals surface area contributed by atoms with E-state index in [0.717, 1.165) is 17.5 Å². The summed E-state index contributed by atoms with van der Waals surface area (Å²) in [5, 5.41) is 0.230. The van der Waals surface area contributed by atoms with E-state index in [9.17, 15) is 9.18 Å². The first-order valence-corrected chi connectivity index (χ1v) is 8.23. The fourth-order valence-corrected chi connectivity index (χ4v) is 3.29. The maximum absolute atomic E-state index is 13.8. The van der Waals surface area contributed by atoms with E-state index in [0.29, 0.717) is 11.3 Å². The quantitative estimate of drug-likeness (QED) is 0.712. The van der Waals surface area contributed by atoms with Gasteiger partial charge in [-0.25, -0.2) is 4.39 Å². The summed E-state index contributed by atoms with van der Waals surface area (Å²) in [5.41, 5.74) is 2.59. The van der Waals surface area contributed by atoms with Crippen LogP contribution in [0.1, 0.15) is 24.2 Å². The van der Waals surface area contributed by atoms with Crippen molar-refractivity contribution in [3.05, 3.63) is 59.9 Å². The van der Waals surface area contributed by atoms with E-state index in [4.69, 9.17) is 0 Å². The number of benzene rings is 2. The van der Waals surface area contributed by atoms with Gasteiger partial charge in [0, 0.05) is 10.8 Å². The molecule has 2 nitrogen and oxygen atoms in total. The zero-order valence-electron chi connectivity index (χ0n) is 12.7. The first-order valence-electron chi connectivity index (χ1n) is 7.19. The molecule has 0 fully saturated rings. The van der Waals surface area contributed by atoms with Crippen LogP contribution in [0.2, 0.25) is 0 Å². The van der Waals surface area contributed by atoms with Gasteiger partial charge in [0.1, 0.15) is 5.82 Å². The van der Waals surface area contributed by atoms with Crippen LogP contribution >= 0.6 is 11.8 Å². The van der Waals surface area contributed by atoms with E-state index in [1.54, 1.807) is 23.9 Å². The Morgan fingerprint density at radius 2 is 1.86 bits per heavy atom. The molecule has 0 heterocycles. The molecule has 0 saturated carbocycles. The molecule has 0 radical (unpaired) electrons. The fourth-order valence-electron chi connectivity index (χ4n) is 2.25. The van der Waals surface area contributed by atoms with Crippen molar-refractivity contribution in [3.63, 3.8) is 0 Å². The molecule has 0 amide bonds. The van der Waals surface area contributed by atoms with Gasteiger partial charge in [0.25, 0.3) is 0 Å². The lowest BCUT2D eigenvalue weighted by atomic mass is 10.0. The number of carbonyl (C=O) groups excluding carboxylic acids is 1. The zero-order valence-corrected chi connectivity index (χ0v) is 13.5. The average Bonchev–Trinajstić information content (AvgIpc) is 2.56. The molecule has 0 N–H and O–H groups in total. The molecule has 4 heteroatoms. The van der Waals surface area contributed by atoms with Crippen molar-refractivity contribution < 1.29 is 13.9 Å². The van der Waals surface area contributed by atoms with Crippen molar-refractivity contribution >= 4 is 17.7 Å². The molecule has 1 unspecified atom stereocenters. The molecule has 0 aliphatic rings. The summed E-state index contributed by atoms with van der Waals surface area (Å²) >= 11 is 1.56. The average molecular weight is 318 g/mol. The third-order valence-electron chi connectivity index (χ3n) is 3.47. The molecule has 2 aromatic rings. The Bertz CT molecular complexity index is 625. The first-order chi connectivity index (χ1) is 10.7. The summed E-state index contributed by atoms with van der Waals surface area (Å²) in [7, 11) is 1.40. The van der Waals surface area contributed by atoms with Crippen LogP contribution < -0.4 is 0 Å². The van der Waals surface area contributed by atoms with Gasteiger partial charge >= 0.3 is 5.97 Å². The van der Waals surface area contributed by atoms with Crippen LogP contribution in [0.5, 0.6) is 0 Å². The van der Waals surface area contributed by atoms with Crippen LogP contribution in [0.15, 0.2) is 48.5 Å². The fraction of sp³-hybridized carbons (Fsp3) is 0.278. The minimum absolute atomic E-state index is 0.216. The third-order valence-corrected chi connectivity index (χ3v) is 4.88. The van der Waals surface area contributed by atoms with Gasteiger partial charge in [0.2, 0.25) is 0 Å². The Hall–Kier alpha value is -1.81. The molecule has 0 aliphatic carbocycles. The minimum atomic E-state index is -0.220. The Morgan fingerprint density at radius 3 is 2.45 bits per heavy atom. The molecule has 1 atom stereocenters. The Morgan fingerprint density at radius 1 is 1.18 bits per heavy atom. The smallest absolute Gasteiger partial charge is 0.315 e. The lowest BCUT2D eigenvalue weighted by Gasteiger charge is -2.15. The number of hydrogen-bond donors (Lipinski definition) is 0. The van der Waals surface area contributed by atoms with Crippen LogP contribution in [-0.4, -0.2) is 18.8 Å². The summed E-state index contributed by atoms with van der Waals surface area (Å²) in [6, 6.07) is 14.6. The van der Waals surface area contributed by atoms with Gasteiger partial charge in [-0.1, -0.05) is 49.4 Å². The number of methoxy groups -OCH3 is 1. The summed E-state index contributed by atoms with van der Waals surface area (Å²) < 4.78 is 18.5. The molecule has 22 heavy (non-hydrogen) atoms. The molecule has 2 aromatic carbocycles. The topological polar surface area (TPSA) is 26.3 Å². The SMILES string of the molecule is CCC(SCC(=O)OC)c1ccc(-c2ccccc2F)cc1. The van der Waals surface area contributed by atoms with Crippen LogP contribution in [0, 0.1) is 5.82 Å². The zero-order chi connectivity index (χ0) is 15.9. The number of carbonyl (C=O) groups is 1. The van der Waals surface area contributed by atoms with Gasteiger partial charge in [-0.3, -0.25) is 4.79 Å². The molecular formula is C18H19FO2S. The number of rotatable bonds is 6. The monoisotopic (exact) mass is 318 g/mol. The highest BCUT2D eigenvalue weighted by Gasteiger charge is 2.13. The summed E-state index contributed by atoms with van der Waals surface area (Å²) in [6.07, 6.45) is 0.917. The van der Waals surface area contributed by atoms with E-state index in [-0.39, 0.29) is 17.0 Å². The normalized spacial score (nSPS) is 12.0. The largest absolute Gasteiger partial charge is 0.468 e. The van der Waals surface area contributed by atoms with Gasteiger partial charge in [0.05, 0.1) is 12.9 Å². The maximum Gasteiger partial charge on any atom is 0.315 e. The first kappa shape index (κ1) is 16.6. The van der Waals surface area contributed by atoms with E-state index in [1.165, 1.54) is 13.2 Å². The van der Waals surface area contributed by atoms with Crippen molar-refractivity contribution in [3.8, 4) is 11.1 Å². The van der Waals surface area contributed by atoms with E-state index in [2.05, 4.69) is 11.7 Å². The van der Waals surface area contributed by atoms with Gasteiger partial charge in [-0.05, 0) is 23.6 Å². The predicted molar refractivity (Wildman–Crippen MR) is 89.3 cm³/mol. The van der Waals surface area contributed by atoms with Crippen molar-refractivity contribution in [2.45, 2.75) is 18.6 Å².